The molecule has 0 spiro atoms. The maximum atomic E-state index is 4.54. The standard InChI is InChI=1S/C21H24N4/c1-4-7-17-10-11-23-21(16(17)2)15-24-19-9-8-18(14-20(19)22-3)25-12-5-6-13-25/h5-6,8-14,24H,3-4,7,15H2,1-2H3. The number of hydrogen-bond acceptors (Lipinski definition) is 3. The summed E-state index contributed by atoms with van der Waals surface area (Å²) in [6.45, 7) is 8.74. The first-order valence-electron chi connectivity index (χ1n) is 8.64. The highest BCUT2D eigenvalue weighted by molar-refractivity contribution is 5.70. The molecule has 0 amide bonds. The zero-order chi connectivity index (χ0) is 17.6. The molecule has 0 unspecified atom stereocenters. The topological polar surface area (TPSA) is 42.2 Å². The molecule has 3 aromatic rings. The second kappa shape index (κ2) is 7.79. The summed E-state index contributed by atoms with van der Waals surface area (Å²) in [7, 11) is 0. The zero-order valence-electron chi connectivity index (χ0n) is 14.9. The van der Waals surface area contributed by atoms with E-state index in [-0.39, 0.29) is 0 Å². The Kier molecular flexibility index (Phi) is 5.29. The number of anilines is 1. The van der Waals surface area contributed by atoms with Crippen LogP contribution in [0.3, 0.4) is 0 Å². The number of aliphatic imine (C=N–C) groups is 1. The second-order valence-corrected chi connectivity index (χ2v) is 6.10. The van der Waals surface area contributed by atoms with Crippen molar-refractivity contribution in [2.75, 3.05) is 5.32 Å². The van der Waals surface area contributed by atoms with Gasteiger partial charge in [0.2, 0.25) is 0 Å². The van der Waals surface area contributed by atoms with Gasteiger partial charge in [-0.05, 0) is 67.6 Å². The van der Waals surface area contributed by atoms with Crippen molar-refractivity contribution < 1.29 is 0 Å². The third kappa shape index (κ3) is 3.79. The molecular weight excluding hydrogens is 308 g/mol. The van der Waals surface area contributed by atoms with E-state index in [4.69, 9.17) is 0 Å². The smallest absolute Gasteiger partial charge is 0.0874 e. The quantitative estimate of drug-likeness (QED) is 0.613. The van der Waals surface area contributed by atoms with Crippen molar-refractivity contribution in [1.29, 1.82) is 0 Å². The first kappa shape index (κ1) is 17.0. The average Bonchev–Trinajstić information content (AvgIpc) is 3.17. The summed E-state index contributed by atoms with van der Waals surface area (Å²) in [5.41, 5.74) is 6.60. The minimum absolute atomic E-state index is 0.675. The predicted molar refractivity (Wildman–Crippen MR) is 105 cm³/mol. The molecule has 4 heteroatoms. The van der Waals surface area contributed by atoms with E-state index in [1.165, 1.54) is 11.1 Å². The van der Waals surface area contributed by atoms with Gasteiger partial charge in [-0.2, -0.15) is 0 Å². The van der Waals surface area contributed by atoms with Crippen LogP contribution in [0.25, 0.3) is 5.69 Å². The molecule has 128 valence electrons. The molecule has 3 rings (SSSR count). The van der Waals surface area contributed by atoms with Gasteiger partial charge in [-0.1, -0.05) is 13.3 Å². The van der Waals surface area contributed by atoms with E-state index >= 15 is 0 Å². The van der Waals surface area contributed by atoms with Gasteiger partial charge in [0.25, 0.3) is 0 Å². The minimum atomic E-state index is 0.675. The molecule has 0 aliphatic rings. The molecule has 1 aromatic carbocycles. The fourth-order valence-corrected chi connectivity index (χ4v) is 2.99. The van der Waals surface area contributed by atoms with E-state index in [0.717, 1.165) is 35.6 Å². The number of aromatic nitrogens is 2. The molecule has 2 heterocycles. The van der Waals surface area contributed by atoms with Crippen LogP contribution in [-0.2, 0) is 13.0 Å². The van der Waals surface area contributed by atoms with Crippen LogP contribution in [0.4, 0.5) is 11.4 Å². The van der Waals surface area contributed by atoms with E-state index in [9.17, 15) is 0 Å². The molecule has 0 aliphatic carbocycles. The van der Waals surface area contributed by atoms with Gasteiger partial charge in [0.1, 0.15) is 0 Å². The molecule has 0 atom stereocenters. The van der Waals surface area contributed by atoms with Gasteiger partial charge < -0.3 is 9.88 Å². The molecule has 0 radical (unpaired) electrons. The summed E-state index contributed by atoms with van der Waals surface area (Å²) in [6.07, 6.45) is 8.16. The first-order valence-corrected chi connectivity index (χ1v) is 8.64. The lowest BCUT2D eigenvalue weighted by atomic mass is 10.0. The molecule has 2 aromatic heterocycles. The number of hydrogen-bond donors (Lipinski definition) is 1. The third-order valence-electron chi connectivity index (χ3n) is 4.44. The van der Waals surface area contributed by atoms with Gasteiger partial charge in [0.05, 0.1) is 23.6 Å². The Labute approximate surface area is 149 Å². The minimum Gasteiger partial charge on any atom is -0.378 e. The van der Waals surface area contributed by atoms with E-state index < -0.39 is 0 Å². The summed E-state index contributed by atoms with van der Waals surface area (Å²) < 4.78 is 2.05. The van der Waals surface area contributed by atoms with Crippen LogP contribution >= 0.6 is 0 Å². The first-order chi connectivity index (χ1) is 12.2. The van der Waals surface area contributed by atoms with E-state index in [2.05, 4.69) is 52.6 Å². The second-order valence-electron chi connectivity index (χ2n) is 6.10. The van der Waals surface area contributed by atoms with Crippen LogP contribution in [0.5, 0.6) is 0 Å². The van der Waals surface area contributed by atoms with Gasteiger partial charge in [-0.25, -0.2) is 0 Å². The van der Waals surface area contributed by atoms with Crippen molar-refractivity contribution in [2.24, 2.45) is 4.99 Å². The lowest BCUT2D eigenvalue weighted by Gasteiger charge is -2.14. The highest BCUT2D eigenvalue weighted by Gasteiger charge is 2.07. The van der Waals surface area contributed by atoms with Crippen LogP contribution in [-0.4, -0.2) is 16.3 Å². The van der Waals surface area contributed by atoms with E-state index in [1.54, 1.807) is 0 Å². The maximum absolute atomic E-state index is 4.54. The van der Waals surface area contributed by atoms with Gasteiger partial charge in [0.15, 0.2) is 0 Å². The van der Waals surface area contributed by atoms with Crippen LogP contribution in [0.1, 0.15) is 30.2 Å². The summed E-state index contributed by atoms with van der Waals surface area (Å²) in [6, 6.07) is 12.3. The zero-order valence-corrected chi connectivity index (χ0v) is 14.9. The molecule has 25 heavy (non-hydrogen) atoms. The molecule has 1 N–H and O–H groups in total. The SMILES string of the molecule is C=Nc1cc(-n2cccc2)ccc1NCc1nccc(CCC)c1C. The number of nitrogens with one attached hydrogen (secondary N) is 1. The normalized spacial score (nSPS) is 10.6. The van der Waals surface area contributed by atoms with Gasteiger partial charge >= 0.3 is 0 Å². The Hall–Kier alpha value is -2.88. The van der Waals surface area contributed by atoms with Crippen LogP contribution in [0.15, 0.2) is 60.0 Å². The number of aryl methyl sites for hydroxylation is 1. The predicted octanol–water partition coefficient (Wildman–Crippen LogP) is 5.08. The summed E-state index contributed by atoms with van der Waals surface area (Å²) in [5.74, 6) is 0. The Morgan fingerprint density at radius 1 is 1.20 bits per heavy atom. The lowest BCUT2D eigenvalue weighted by molar-refractivity contribution is 0.891. The Morgan fingerprint density at radius 3 is 2.72 bits per heavy atom. The number of pyridine rings is 1. The van der Waals surface area contributed by atoms with Gasteiger partial charge in [-0.3, -0.25) is 9.98 Å². The Morgan fingerprint density at radius 2 is 2.00 bits per heavy atom. The van der Waals surface area contributed by atoms with Crippen molar-refractivity contribution >= 4 is 18.1 Å². The van der Waals surface area contributed by atoms with Crippen molar-refractivity contribution in [3.63, 3.8) is 0 Å². The van der Waals surface area contributed by atoms with Crippen molar-refractivity contribution in [2.45, 2.75) is 33.2 Å². The lowest BCUT2D eigenvalue weighted by Crippen LogP contribution is -2.06. The number of nitrogens with zero attached hydrogens (tertiary/aromatic N) is 3. The summed E-state index contributed by atoms with van der Waals surface area (Å²) in [4.78, 5) is 8.71. The van der Waals surface area contributed by atoms with Gasteiger partial charge in [-0.15, -0.1) is 0 Å². The van der Waals surface area contributed by atoms with Crippen molar-refractivity contribution in [3.05, 3.63) is 71.8 Å². The molecule has 0 fully saturated rings. The molecule has 0 saturated heterocycles. The Bertz CT molecular complexity index is 850. The van der Waals surface area contributed by atoms with Crippen LogP contribution < -0.4 is 5.32 Å². The summed E-state index contributed by atoms with van der Waals surface area (Å²) >= 11 is 0. The number of rotatable bonds is 7. The van der Waals surface area contributed by atoms with E-state index in [0.29, 0.717) is 6.54 Å². The van der Waals surface area contributed by atoms with Crippen molar-refractivity contribution in [3.8, 4) is 5.69 Å². The molecule has 4 nitrogen and oxygen atoms in total. The monoisotopic (exact) mass is 332 g/mol. The van der Waals surface area contributed by atoms with E-state index in [1.807, 2.05) is 42.9 Å². The maximum Gasteiger partial charge on any atom is 0.0874 e. The molecule has 0 bridgehead atoms. The molecule has 0 aliphatic heterocycles. The van der Waals surface area contributed by atoms with Crippen LogP contribution in [0.2, 0.25) is 0 Å². The third-order valence-corrected chi connectivity index (χ3v) is 4.44. The van der Waals surface area contributed by atoms with Crippen molar-refractivity contribution in [1.82, 2.24) is 9.55 Å². The van der Waals surface area contributed by atoms with Gasteiger partial charge in [0, 0.05) is 24.3 Å². The Balaban J connectivity index is 1.79. The molecular formula is C21H24N4. The van der Waals surface area contributed by atoms with Crippen LogP contribution in [0, 0.1) is 6.92 Å². The largest absolute Gasteiger partial charge is 0.378 e. The highest BCUT2D eigenvalue weighted by Crippen LogP contribution is 2.28. The molecule has 0 saturated carbocycles. The average molecular weight is 332 g/mol. The highest BCUT2D eigenvalue weighted by atomic mass is 15.0. The number of benzene rings is 1. The fourth-order valence-electron chi connectivity index (χ4n) is 2.99. The fraction of sp³-hybridized carbons (Fsp3) is 0.238. The summed E-state index contributed by atoms with van der Waals surface area (Å²) in [5, 5.41) is 3.46.